The molecular formula is C11H18F3NO3. The van der Waals surface area contributed by atoms with Gasteiger partial charge in [-0.25, -0.2) is 4.79 Å². The van der Waals surface area contributed by atoms with Crippen molar-refractivity contribution >= 4 is 6.09 Å². The minimum Gasteiger partial charge on any atom is -0.446 e. The Labute approximate surface area is 104 Å². The van der Waals surface area contributed by atoms with Crippen molar-refractivity contribution < 1.29 is 27.4 Å². The maximum absolute atomic E-state index is 11.9. The zero-order chi connectivity index (χ0) is 13.6. The van der Waals surface area contributed by atoms with Crippen LogP contribution >= 0.6 is 0 Å². The van der Waals surface area contributed by atoms with Crippen LogP contribution in [0.25, 0.3) is 0 Å². The zero-order valence-corrected chi connectivity index (χ0v) is 10.0. The molecule has 1 aliphatic carbocycles. The molecule has 0 unspecified atom stereocenters. The van der Waals surface area contributed by atoms with E-state index in [1.54, 1.807) is 0 Å². The van der Waals surface area contributed by atoms with Gasteiger partial charge in [0, 0.05) is 6.61 Å². The van der Waals surface area contributed by atoms with Crippen LogP contribution in [0, 0.1) is 5.92 Å². The molecule has 0 aromatic rings. The Morgan fingerprint density at radius 1 is 1.22 bits per heavy atom. The van der Waals surface area contributed by atoms with Crippen LogP contribution in [0.2, 0.25) is 0 Å². The first-order valence-electron chi connectivity index (χ1n) is 5.97. The van der Waals surface area contributed by atoms with Crippen molar-refractivity contribution in [2.24, 2.45) is 11.7 Å². The molecule has 1 aliphatic rings. The topological polar surface area (TPSA) is 61.6 Å². The van der Waals surface area contributed by atoms with Crippen LogP contribution in [0.15, 0.2) is 0 Å². The van der Waals surface area contributed by atoms with E-state index in [0.717, 1.165) is 12.8 Å². The smallest absolute Gasteiger partial charge is 0.404 e. The Kier molecular flexibility index (Phi) is 5.71. The van der Waals surface area contributed by atoms with Crippen molar-refractivity contribution in [3.63, 3.8) is 0 Å². The standard InChI is InChI=1S/C11H18F3NO3/c12-11(13,14)5-6-17-7-8-1-3-9(4-2-8)18-10(15)16/h8-9H,1-7H2,(H2,15,16). The summed E-state index contributed by atoms with van der Waals surface area (Å²) in [7, 11) is 0. The maximum Gasteiger partial charge on any atom is 0.404 e. The van der Waals surface area contributed by atoms with E-state index in [2.05, 4.69) is 0 Å². The summed E-state index contributed by atoms with van der Waals surface area (Å²) in [4.78, 5) is 10.5. The van der Waals surface area contributed by atoms with Crippen LogP contribution in [-0.2, 0) is 9.47 Å². The molecule has 0 spiro atoms. The fourth-order valence-corrected chi connectivity index (χ4v) is 2.02. The van der Waals surface area contributed by atoms with Crippen LogP contribution in [0.3, 0.4) is 0 Å². The van der Waals surface area contributed by atoms with Gasteiger partial charge in [0.1, 0.15) is 6.10 Å². The van der Waals surface area contributed by atoms with E-state index in [4.69, 9.17) is 15.2 Å². The lowest BCUT2D eigenvalue weighted by Crippen LogP contribution is -2.28. The second kappa shape index (κ2) is 6.82. The Bertz CT molecular complexity index is 263. The van der Waals surface area contributed by atoms with Gasteiger partial charge in [0.15, 0.2) is 0 Å². The van der Waals surface area contributed by atoms with Crippen molar-refractivity contribution in [3.05, 3.63) is 0 Å². The first-order chi connectivity index (χ1) is 8.37. The van der Waals surface area contributed by atoms with Gasteiger partial charge in [0.05, 0.1) is 13.0 Å². The largest absolute Gasteiger partial charge is 0.446 e. The van der Waals surface area contributed by atoms with Gasteiger partial charge in [-0.3, -0.25) is 0 Å². The summed E-state index contributed by atoms with van der Waals surface area (Å²) in [6.45, 7) is 0.0422. The summed E-state index contributed by atoms with van der Waals surface area (Å²) < 4.78 is 45.4. The van der Waals surface area contributed by atoms with Crippen molar-refractivity contribution in [1.29, 1.82) is 0 Å². The minimum absolute atomic E-state index is 0.158. The molecule has 1 saturated carbocycles. The number of hydrogen-bond donors (Lipinski definition) is 1. The highest BCUT2D eigenvalue weighted by atomic mass is 19.4. The fourth-order valence-electron chi connectivity index (χ4n) is 2.02. The average Bonchev–Trinajstić information content (AvgIpc) is 2.24. The van der Waals surface area contributed by atoms with E-state index in [0.29, 0.717) is 19.4 Å². The van der Waals surface area contributed by atoms with Crippen molar-refractivity contribution in [2.75, 3.05) is 13.2 Å². The molecule has 1 rings (SSSR count). The Morgan fingerprint density at radius 2 is 1.83 bits per heavy atom. The van der Waals surface area contributed by atoms with E-state index in [1.165, 1.54) is 0 Å². The number of primary amides is 1. The lowest BCUT2D eigenvalue weighted by atomic mass is 9.88. The summed E-state index contributed by atoms with van der Waals surface area (Å²) in [5, 5.41) is 0. The molecule has 1 fully saturated rings. The number of rotatable bonds is 5. The van der Waals surface area contributed by atoms with Crippen LogP contribution in [0.4, 0.5) is 18.0 Å². The molecule has 2 N–H and O–H groups in total. The molecule has 0 saturated heterocycles. The van der Waals surface area contributed by atoms with Gasteiger partial charge in [0.25, 0.3) is 0 Å². The SMILES string of the molecule is NC(=O)OC1CCC(COCCC(F)(F)F)CC1. The third-order valence-corrected chi connectivity index (χ3v) is 2.96. The van der Waals surface area contributed by atoms with Crippen LogP contribution in [-0.4, -0.2) is 31.6 Å². The molecule has 1 amide bonds. The molecule has 0 bridgehead atoms. The first-order valence-corrected chi connectivity index (χ1v) is 5.97. The van der Waals surface area contributed by atoms with Crippen molar-refractivity contribution in [3.8, 4) is 0 Å². The number of carbonyl (C=O) groups is 1. The predicted molar refractivity (Wildman–Crippen MR) is 57.9 cm³/mol. The van der Waals surface area contributed by atoms with E-state index in [-0.39, 0.29) is 18.6 Å². The molecule has 0 aromatic heterocycles. The number of hydrogen-bond acceptors (Lipinski definition) is 3. The van der Waals surface area contributed by atoms with E-state index in [9.17, 15) is 18.0 Å². The van der Waals surface area contributed by atoms with E-state index >= 15 is 0 Å². The molecule has 0 aromatic carbocycles. The van der Waals surface area contributed by atoms with Gasteiger partial charge in [-0.15, -0.1) is 0 Å². The van der Waals surface area contributed by atoms with E-state index in [1.807, 2.05) is 0 Å². The number of halogens is 3. The highest BCUT2D eigenvalue weighted by Crippen LogP contribution is 2.27. The third kappa shape index (κ3) is 6.68. The summed E-state index contributed by atoms with van der Waals surface area (Å²) >= 11 is 0. The van der Waals surface area contributed by atoms with Crippen molar-refractivity contribution in [2.45, 2.75) is 44.4 Å². The first kappa shape index (κ1) is 15.1. The third-order valence-electron chi connectivity index (χ3n) is 2.96. The number of amides is 1. The van der Waals surface area contributed by atoms with Gasteiger partial charge in [0.2, 0.25) is 0 Å². The molecule has 7 heteroatoms. The summed E-state index contributed by atoms with van der Waals surface area (Å²) in [6, 6.07) is 0. The molecule has 0 heterocycles. The zero-order valence-electron chi connectivity index (χ0n) is 10.0. The summed E-state index contributed by atoms with van der Waals surface area (Å²) in [5.41, 5.74) is 4.90. The monoisotopic (exact) mass is 269 g/mol. The molecular weight excluding hydrogens is 251 g/mol. The average molecular weight is 269 g/mol. The van der Waals surface area contributed by atoms with Gasteiger partial charge in [-0.1, -0.05) is 0 Å². The maximum atomic E-state index is 11.9. The molecule has 0 radical (unpaired) electrons. The van der Waals surface area contributed by atoms with Gasteiger partial charge in [-0.2, -0.15) is 13.2 Å². The molecule has 4 nitrogen and oxygen atoms in total. The van der Waals surface area contributed by atoms with E-state index < -0.39 is 18.7 Å². The lowest BCUT2D eigenvalue weighted by Gasteiger charge is -2.27. The molecule has 0 aliphatic heterocycles. The number of ether oxygens (including phenoxy) is 2. The predicted octanol–water partition coefficient (Wildman–Crippen LogP) is 2.61. The second-order valence-electron chi connectivity index (χ2n) is 4.52. The van der Waals surface area contributed by atoms with Gasteiger partial charge < -0.3 is 15.2 Å². The summed E-state index contributed by atoms with van der Waals surface area (Å²) in [6.07, 6.45) is -3.06. The normalized spacial score (nSPS) is 24.8. The Balaban J connectivity index is 2.07. The highest BCUT2D eigenvalue weighted by Gasteiger charge is 2.27. The van der Waals surface area contributed by atoms with Crippen LogP contribution in [0.1, 0.15) is 32.1 Å². The minimum atomic E-state index is -4.16. The van der Waals surface area contributed by atoms with Crippen LogP contribution < -0.4 is 5.73 Å². The van der Waals surface area contributed by atoms with Gasteiger partial charge >= 0.3 is 12.3 Å². The quantitative estimate of drug-likeness (QED) is 0.780. The Morgan fingerprint density at radius 3 is 2.33 bits per heavy atom. The van der Waals surface area contributed by atoms with Crippen molar-refractivity contribution in [1.82, 2.24) is 0 Å². The number of alkyl halides is 3. The Hall–Kier alpha value is -0.980. The highest BCUT2D eigenvalue weighted by molar-refractivity contribution is 5.64. The molecule has 18 heavy (non-hydrogen) atoms. The number of nitrogens with two attached hydrogens (primary N) is 1. The van der Waals surface area contributed by atoms with Gasteiger partial charge in [-0.05, 0) is 31.6 Å². The second-order valence-corrected chi connectivity index (χ2v) is 4.52. The fraction of sp³-hybridized carbons (Fsp3) is 0.909. The summed E-state index contributed by atoms with van der Waals surface area (Å²) in [5.74, 6) is 0.242. The van der Waals surface area contributed by atoms with Crippen LogP contribution in [0.5, 0.6) is 0 Å². The lowest BCUT2D eigenvalue weighted by molar-refractivity contribution is -0.146. The molecule has 106 valence electrons. The molecule has 0 atom stereocenters. The number of carbonyl (C=O) groups excluding carboxylic acids is 1.